The van der Waals surface area contributed by atoms with Gasteiger partial charge in [-0.1, -0.05) is 48.5 Å². The summed E-state index contributed by atoms with van der Waals surface area (Å²) in [5, 5.41) is 3.57. The monoisotopic (exact) mass is 332 g/mol. The molecule has 0 aliphatic heterocycles. The summed E-state index contributed by atoms with van der Waals surface area (Å²) in [6.45, 7) is 5.50. The van der Waals surface area contributed by atoms with Crippen molar-refractivity contribution in [3.8, 4) is 5.75 Å². The zero-order chi connectivity index (χ0) is 17.5. The molecule has 0 bridgehead atoms. The van der Waals surface area contributed by atoms with Gasteiger partial charge in [0.2, 0.25) is 0 Å². The van der Waals surface area contributed by atoms with Gasteiger partial charge in [-0.3, -0.25) is 4.98 Å². The Balaban J connectivity index is 1.64. The Morgan fingerprint density at radius 3 is 2.52 bits per heavy atom. The number of pyridine rings is 1. The molecule has 1 atom stereocenters. The van der Waals surface area contributed by atoms with Crippen molar-refractivity contribution in [2.45, 2.75) is 19.9 Å². The Bertz CT molecular complexity index is 748. The Morgan fingerprint density at radius 2 is 1.76 bits per heavy atom. The maximum absolute atomic E-state index is 5.96. The van der Waals surface area contributed by atoms with Gasteiger partial charge in [-0.2, -0.15) is 0 Å². The molecule has 0 saturated heterocycles. The molecule has 3 heteroatoms. The van der Waals surface area contributed by atoms with E-state index in [1.807, 2.05) is 24.4 Å². The third-order valence-corrected chi connectivity index (χ3v) is 4.17. The lowest BCUT2D eigenvalue weighted by Crippen LogP contribution is -2.27. The first kappa shape index (κ1) is 17.2. The molecule has 128 valence electrons. The highest BCUT2D eigenvalue weighted by molar-refractivity contribution is 5.36. The molecule has 3 rings (SSSR count). The predicted molar refractivity (Wildman–Crippen MR) is 102 cm³/mol. The molecule has 0 aliphatic carbocycles. The van der Waals surface area contributed by atoms with E-state index in [-0.39, 0.29) is 6.04 Å². The highest BCUT2D eigenvalue weighted by Crippen LogP contribution is 2.21. The third-order valence-electron chi connectivity index (χ3n) is 4.17. The summed E-state index contributed by atoms with van der Waals surface area (Å²) < 4.78 is 5.96. The molecule has 1 aromatic heterocycles. The van der Waals surface area contributed by atoms with Gasteiger partial charge in [0.15, 0.2) is 0 Å². The van der Waals surface area contributed by atoms with E-state index in [0.29, 0.717) is 6.61 Å². The van der Waals surface area contributed by atoms with Crippen molar-refractivity contribution in [1.29, 1.82) is 0 Å². The maximum Gasteiger partial charge on any atom is 0.122 e. The summed E-state index contributed by atoms with van der Waals surface area (Å²) in [6.07, 6.45) is 1.83. The van der Waals surface area contributed by atoms with Crippen LogP contribution in [0.15, 0.2) is 72.9 Å². The molecule has 2 aromatic carbocycles. The number of ether oxygens (including phenoxy) is 1. The first-order chi connectivity index (χ1) is 12.2. The zero-order valence-corrected chi connectivity index (χ0v) is 14.8. The van der Waals surface area contributed by atoms with Crippen LogP contribution in [0.1, 0.15) is 28.4 Å². The molecule has 1 heterocycles. The highest BCUT2D eigenvalue weighted by Gasteiger charge is 2.14. The predicted octanol–water partition coefficient (Wildman–Crippen LogP) is 4.46. The van der Waals surface area contributed by atoms with E-state index in [1.54, 1.807) is 0 Å². The van der Waals surface area contributed by atoms with Crippen LogP contribution >= 0.6 is 0 Å². The van der Waals surface area contributed by atoms with Gasteiger partial charge in [-0.05, 0) is 48.7 Å². The number of aryl methyl sites for hydroxylation is 2. The molecular formula is C22H24N2O. The van der Waals surface area contributed by atoms with Crippen molar-refractivity contribution in [3.63, 3.8) is 0 Å². The molecule has 25 heavy (non-hydrogen) atoms. The quantitative estimate of drug-likeness (QED) is 0.649. The van der Waals surface area contributed by atoms with Crippen LogP contribution in [0.25, 0.3) is 0 Å². The summed E-state index contributed by atoms with van der Waals surface area (Å²) >= 11 is 0. The number of rotatable bonds is 7. The third kappa shape index (κ3) is 4.68. The molecule has 0 amide bonds. The number of hydrogen-bond donors (Lipinski definition) is 1. The zero-order valence-electron chi connectivity index (χ0n) is 14.8. The lowest BCUT2D eigenvalue weighted by Gasteiger charge is -2.19. The lowest BCUT2D eigenvalue weighted by molar-refractivity contribution is 0.307. The minimum absolute atomic E-state index is 0.0598. The minimum Gasteiger partial charge on any atom is -0.492 e. The van der Waals surface area contributed by atoms with Crippen LogP contribution in [0.5, 0.6) is 5.75 Å². The van der Waals surface area contributed by atoms with Crippen molar-refractivity contribution >= 4 is 0 Å². The van der Waals surface area contributed by atoms with E-state index in [0.717, 1.165) is 23.6 Å². The number of hydrogen-bond acceptors (Lipinski definition) is 3. The fourth-order valence-corrected chi connectivity index (χ4v) is 2.81. The Hall–Kier alpha value is -2.65. The second-order valence-corrected chi connectivity index (χ2v) is 6.17. The fraction of sp³-hybridized carbons (Fsp3) is 0.227. The SMILES string of the molecule is Cc1ccc(C)c(OCCNC(c2ccccc2)c2ccccn2)c1. The first-order valence-electron chi connectivity index (χ1n) is 8.63. The van der Waals surface area contributed by atoms with Crippen molar-refractivity contribution in [2.24, 2.45) is 0 Å². The van der Waals surface area contributed by atoms with Crippen molar-refractivity contribution in [2.75, 3.05) is 13.2 Å². The van der Waals surface area contributed by atoms with Gasteiger partial charge in [0.1, 0.15) is 12.4 Å². The van der Waals surface area contributed by atoms with Crippen LogP contribution in [-0.2, 0) is 0 Å². The number of nitrogens with one attached hydrogen (secondary N) is 1. The van der Waals surface area contributed by atoms with E-state index in [9.17, 15) is 0 Å². The average Bonchev–Trinajstić information content (AvgIpc) is 2.66. The van der Waals surface area contributed by atoms with Gasteiger partial charge in [0, 0.05) is 12.7 Å². The maximum atomic E-state index is 5.96. The molecule has 0 fully saturated rings. The van der Waals surface area contributed by atoms with Crippen LogP contribution < -0.4 is 10.1 Å². The second-order valence-electron chi connectivity index (χ2n) is 6.17. The Morgan fingerprint density at radius 1 is 0.960 bits per heavy atom. The normalized spacial score (nSPS) is 11.9. The fourth-order valence-electron chi connectivity index (χ4n) is 2.81. The molecule has 0 aliphatic rings. The van der Waals surface area contributed by atoms with Gasteiger partial charge < -0.3 is 10.1 Å². The van der Waals surface area contributed by atoms with Gasteiger partial charge in [0.05, 0.1) is 11.7 Å². The molecule has 1 N–H and O–H groups in total. The first-order valence-corrected chi connectivity index (χ1v) is 8.63. The molecular weight excluding hydrogens is 308 g/mol. The smallest absolute Gasteiger partial charge is 0.122 e. The topological polar surface area (TPSA) is 34.1 Å². The highest BCUT2D eigenvalue weighted by atomic mass is 16.5. The molecule has 0 radical (unpaired) electrons. The molecule has 0 spiro atoms. The summed E-state index contributed by atoms with van der Waals surface area (Å²) in [6, 6.07) is 22.7. The summed E-state index contributed by atoms with van der Waals surface area (Å²) in [7, 11) is 0. The Kier molecular flexibility index (Phi) is 5.81. The van der Waals surface area contributed by atoms with Crippen molar-refractivity contribution in [3.05, 3.63) is 95.3 Å². The minimum atomic E-state index is 0.0598. The van der Waals surface area contributed by atoms with Crippen LogP contribution in [0.3, 0.4) is 0 Å². The molecule has 3 nitrogen and oxygen atoms in total. The van der Waals surface area contributed by atoms with E-state index in [1.165, 1.54) is 11.1 Å². The van der Waals surface area contributed by atoms with E-state index in [2.05, 4.69) is 72.7 Å². The van der Waals surface area contributed by atoms with E-state index >= 15 is 0 Å². The summed E-state index contributed by atoms with van der Waals surface area (Å²) in [4.78, 5) is 4.51. The largest absolute Gasteiger partial charge is 0.492 e. The number of aromatic nitrogens is 1. The average molecular weight is 332 g/mol. The van der Waals surface area contributed by atoms with E-state index < -0.39 is 0 Å². The number of nitrogens with zero attached hydrogens (tertiary/aromatic N) is 1. The standard InChI is InChI=1S/C22H24N2O/c1-17-11-12-18(2)21(16-17)25-15-14-24-22(19-8-4-3-5-9-19)20-10-6-7-13-23-20/h3-13,16,22,24H,14-15H2,1-2H3. The lowest BCUT2D eigenvalue weighted by atomic mass is 10.0. The van der Waals surface area contributed by atoms with Gasteiger partial charge in [-0.25, -0.2) is 0 Å². The molecule has 0 saturated carbocycles. The summed E-state index contributed by atoms with van der Waals surface area (Å²) in [5.41, 5.74) is 4.59. The van der Waals surface area contributed by atoms with Crippen LogP contribution in [0, 0.1) is 13.8 Å². The van der Waals surface area contributed by atoms with Gasteiger partial charge in [-0.15, -0.1) is 0 Å². The molecule has 1 unspecified atom stereocenters. The van der Waals surface area contributed by atoms with Gasteiger partial charge in [0.25, 0.3) is 0 Å². The second kappa shape index (κ2) is 8.45. The number of benzene rings is 2. The molecule has 3 aromatic rings. The van der Waals surface area contributed by atoms with Gasteiger partial charge >= 0.3 is 0 Å². The van der Waals surface area contributed by atoms with Crippen molar-refractivity contribution < 1.29 is 4.74 Å². The van der Waals surface area contributed by atoms with Crippen LogP contribution in [0.2, 0.25) is 0 Å². The van der Waals surface area contributed by atoms with E-state index in [4.69, 9.17) is 4.74 Å². The Labute approximate surface area is 149 Å². The van der Waals surface area contributed by atoms with Crippen LogP contribution in [-0.4, -0.2) is 18.1 Å². The van der Waals surface area contributed by atoms with Crippen LogP contribution in [0.4, 0.5) is 0 Å². The van der Waals surface area contributed by atoms with Crippen molar-refractivity contribution in [1.82, 2.24) is 10.3 Å². The summed E-state index contributed by atoms with van der Waals surface area (Å²) in [5.74, 6) is 0.955.